The first-order valence-corrected chi connectivity index (χ1v) is 17.6. The highest BCUT2D eigenvalue weighted by Crippen LogP contribution is 2.41. The average Bonchev–Trinajstić information content (AvgIpc) is 3.11. The Kier molecular flexibility index (Phi) is 15.9. The number of ether oxygens (including phenoxy) is 6. The minimum atomic E-state index is -1.13. The van der Waals surface area contributed by atoms with Crippen LogP contribution in [0.25, 0.3) is 0 Å². The van der Waals surface area contributed by atoms with Crippen molar-refractivity contribution >= 4 is 24.1 Å². The van der Waals surface area contributed by atoms with Crippen LogP contribution in [0.4, 0.5) is 14.0 Å². The highest BCUT2D eigenvalue weighted by Gasteiger charge is 2.47. The Bertz CT molecular complexity index is 1400. The van der Waals surface area contributed by atoms with Gasteiger partial charge < -0.3 is 44.4 Å². The van der Waals surface area contributed by atoms with Gasteiger partial charge in [-0.05, 0) is 55.9 Å². The summed E-state index contributed by atoms with van der Waals surface area (Å²) in [5.74, 6) is -2.32. The number of hydrogen-bond donors (Lipinski definition) is 3. The molecule has 2 aliphatic rings. The molecule has 2 saturated heterocycles. The van der Waals surface area contributed by atoms with E-state index in [9.17, 15) is 23.6 Å². The van der Waals surface area contributed by atoms with Gasteiger partial charge in [-0.3, -0.25) is 4.79 Å². The van der Waals surface area contributed by atoms with Gasteiger partial charge in [-0.2, -0.15) is 0 Å². The minimum absolute atomic E-state index is 0.00303. The molecular formula is C37H50FN3O10. The van der Waals surface area contributed by atoms with Crippen molar-refractivity contribution in [1.29, 1.82) is 0 Å². The fourth-order valence-electron chi connectivity index (χ4n) is 6.24. The Labute approximate surface area is 298 Å². The maximum atomic E-state index is 13.3. The third-order valence-electron chi connectivity index (χ3n) is 8.64. The van der Waals surface area contributed by atoms with Crippen molar-refractivity contribution in [2.75, 3.05) is 40.0 Å². The van der Waals surface area contributed by atoms with Crippen molar-refractivity contribution in [3.8, 4) is 0 Å². The lowest BCUT2D eigenvalue weighted by atomic mass is 9.90. The molecular weight excluding hydrogens is 665 g/mol. The predicted molar refractivity (Wildman–Crippen MR) is 183 cm³/mol. The van der Waals surface area contributed by atoms with Crippen LogP contribution in [0.2, 0.25) is 0 Å². The van der Waals surface area contributed by atoms with E-state index in [-0.39, 0.29) is 57.2 Å². The molecule has 0 aliphatic carbocycles. The van der Waals surface area contributed by atoms with Crippen LogP contribution in [0, 0.1) is 5.82 Å². The van der Waals surface area contributed by atoms with Crippen LogP contribution in [-0.4, -0.2) is 94.2 Å². The molecule has 280 valence electrons. The topological polar surface area (TPSA) is 160 Å². The van der Waals surface area contributed by atoms with Crippen LogP contribution in [0.1, 0.15) is 63.0 Å². The molecule has 4 unspecified atom stereocenters. The number of alkyl carbamates (subject to hydrolysis) is 2. The summed E-state index contributed by atoms with van der Waals surface area (Å²) in [5, 5.41) is 8.18. The molecule has 13 nitrogen and oxygen atoms in total. The Morgan fingerprint density at radius 1 is 0.941 bits per heavy atom. The van der Waals surface area contributed by atoms with Crippen molar-refractivity contribution in [3.05, 3.63) is 71.5 Å². The molecule has 5 atom stereocenters. The molecule has 51 heavy (non-hydrogen) atoms. The van der Waals surface area contributed by atoms with Gasteiger partial charge >= 0.3 is 18.2 Å². The van der Waals surface area contributed by atoms with Crippen LogP contribution in [0.5, 0.6) is 0 Å². The molecule has 2 aromatic rings. The Hall–Kier alpha value is -4.27. The van der Waals surface area contributed by atoms with Crippen molar-refractivity contribution in [2.45, 2.75) is 94.9 Å². The number of methoxy groups -OCH3 is 1. The third kappa shape index (κ3) is 13.8. The first-order valence-electron chi connectivity index (χ1n) is 17.6. The first-order chi connectivity index (χ1) is 24.7. The molecule has 2 heterocycles. The van der Waals surface area contributed by atoms with E-state index in [2.05, 4.69) is 16.0 Å². The number of nitrogens with one attached hydrogen (secondary N) is 3. The largest absolute Gasteiger partial charge is 0.464 e. The van der Waals surface area contributed by atoms with Crippen molar-refractivity contribution in [2.24, 2.45) is 0 Å². The van der Waals surface area contributed by atoms with Gasteiger partial charge in [0.25, 0.3) is 0 Å². The summed E-state index contributed by atoms with van der Waals surface area (Å²) in [6.07, 6.45) is 0.735. The molecule has 0 bridgehead atoms. The lowest BCUT2D eigenvalue weighted by Crippen LogP contribution is -2.54. The molecule has 0 saturated carbocycles. The van der Waals surface area contributed by atoms with E-state index in [0.717, 1.165) is 11.1 Å². The highest BCUT2D eigenvalue weighted by atomic mass is 19.1. The highest BCUT2D eigenvalue weighted by molar-refractivity contribution is 5.84. The van der Waals surface area contributed by atoms with E-state index < -0.39 is 48.3 Å². The van der Waals surface area contributed by atoms with Gasteiger partial charge in [-0.25, -0.2) is 18.8 Å². The van der Waals surface area contributed by atoms with Gasteiger partial charge in [-0.1, -0.05) is 42.5 Å². The summed E-state index contributed by atoms with van der Waals surface area (Å²) in [6.45, 7) is 2.84. The molecule has 1 spiro atoms. The van der Waals surface area contributed by atoms with Crippen LogP contribution in [0.3, 0.4) is 0 Å². The molecule has 2 aromatic carbocycles. The summed E-state index contributed by atoms with van der Waals surface area (Å²) in [5.41, 5.74) is 1.75. The predicted octanol–water partition coefficient (Wildman–Crippen LogP) is 4.35. The normalized spacial score (nSPS) is 22.0. The summed E-state index contributed by atoms with van der Waals surface area (Å²) in [7, 11) is 1.53. The van der Waals surface area contributed by atoms with Crippen LogP contribution in [-0.2, 0) is 50.9 Å². The monoisotopic (exact) mass is 715 g/mol. The van der Waals surface area contributed by atoms with Crippen molar-refractivity contribution < 1.29 is 52.0 Å². The molecule has 2 aliphatic heterocycles. The second kappa shape index (κ2) is 20.5. The number of esters is 1. The Morgan fingerprint density at radius 3 is 2.43 bits per heavy atom. The lowest BCUT2D eigenvalue weighted by Gasteiger charge is -2.47. The van der Waals surface area contributed by atoms with Gasteiger partial charge in [0.05, 0.1) is 25.4 Å². The molecule has 3 N–H and O–H groups in total. The second-order valence-corrected chi connectivity index (χ2v) is 12.7. The number of rotatable bonds is 17. The maximum Gasteiger partial charge on any atom is 0.407 e. The number of amides is 3. The number of carbonyl (C=O) groups excluding carboxylic acids is 4. The minimum Gasteiger partial charge on any atom is -0.464 e. The van der Waals surface area contributed by atoms with Crippen LogP contribution >= 0.6 is 0 Å². The fraction of sp³-hybridized carbons (Fsp3) is 0.568. The van der Waals surface area contributed by atoms with Gasteiger partial charge in [0, 0.05) is 52.3 Å². The zero-order valence-electron chi connectivity index (χ0n) is 29.4. The van der Waals surface area contributed by atoms with Gasteiger partial charge in [-0.15, -0.1) is 0 Å². The number of hydrogen-bond acceptors (Lipinski definition) is 10. The molecule has 3 amide bonds. The summed E-state index contributed by atoms with van der Waals surface area (Å²) >= 11 is 0. The SMILES string of the molecule is CCOC(=O)[C@H](Cc1ccccc1)NC(=O)CCC1CC(OC(=O)NCCc2ccc(F)cc2)CC2(CCCC(COC(=O)NCCOC)O2)O1. The van der Waals surface area contributed by atoms with E-state index >= 15 is 0 Å². The molecule has 2 fully saturated rings. The van der Waals surface area contributed by atoms with Crippen molar-refractivity contribution in [1.82, 2.24) is 16.0 Å². The Morgan fingerprint density at radius 2 is 1.69 bits per heavy atom. The summed E-state index contributed by atoms with van der Waals surface area (Å²) in [6, 6.07) is 14.5. The molecule has 14 heteroatoms. The lowest BCUT2D eigenvalue weighted by molar-refractivity contribution is -0.329. The summed E-state index contributed by atoms with van der Waals surface area (Å²) < 4.78 is 47.6. The number of benzene rings is 2. The van der Waals surface area contributed by atoms with Gasteiger partial charge in [0.2, 0.25) is 5.91 Å². The zero-order valence-corrected chi connectivity index (χ0v) is 29.4. The first kappa shape index (κ1) is 39.5. The van der Waals surface area contributed by atoms with E-state index in [0.29, 0.717) is 45.3 Å². The van der Waals surface area contributed by atoms with Crippen LogP contribution < -0.4 is 16.0 Å². The van der Waals surface area contributed by atoms with E-state index in [1.165, 1.54) is 19.2 Å². The fourth-order valence-corrected chi connectivity index (χ4v) is 6.24. The molecule has 0 aromatic heterocycles. The quantitative estimate of drug-likeness (QED) is 0.122. The number of carbonyl (C=O) groups is 4. The smallest absolute Gasteiger partial charge is 0.407 e. The van der Waals surface area contributed by atoms with Crippen LogP contribution in [0.15, 0.2) is 54.6 Å². The van der Waals surface area contributed by atoms with Crippen molar-refractivity contribution in [3.63, 3.8) is 0 Å². The van der Waals surface area contributed by atoms with E-state index in [1.54, 1.807) is 19.1 Å². The second-order valence-electron chi connectivity index (χ2n) is 12.7. The zero-order chi connectivity index (χ0) is 36.5. The van der Waals surface area contributed by atoms with E-state index in [4.69, 9.17) is 28.4 Å². The standard InChI is InChI=1S/C37H50FN3O10/c1-3-47-34(43)32(22-27-8-5-4-6-9-27)41-33(42)16-15-29-23-31(49-36(45)39-19-17-26-11-13-28(38)14-12-26)24-37(50-29)18-7-10-30(51-37)25-48-35(44)40-20-21-46-2/h4-6,8-9,11-14,29-32H,3,7,10,15-25H2,1-2H3,(H,39,45)(H,40,44)(H,41,42)/t29?,30?,31?,32-,37?/m0/s1. The van der Waals surface area contributed by atoms with Gasteiger partial charge in [0.1, 0.15) is 24.6 Å². The maximum absolute atomic E-state index is 13.3. The molecule has 4 rings (SSSR count). The summed E-state index contributed by atoms with van der Waals surface area (Å²) in [4.78, 5) is 50.9. The Balaban J connectivity index is 1.37. The van der Waals surface area contributed by atoms with E-state index in [1.807, 2.05) is 30.3 Å². The number of halogens is 1. The third-order valence-corrected chi connectivity index (χ3v) is 8.64. The molecule has 0 radical (unpaired) electrons. The average molecular weight is 716 g/mol. The van der Waals surface area contributed by atoms with Gasteiger partial charge in [0.15, 0.2) is 5.79 Å².